The number of benzene rings is 1. The second-order valence-corrected chi connectivity index (χ2v) is 9.93. The van der Waals surface area contributed by atoms with Gasteiger partial charge in [0.15, 0.2) is 0 Å². The van der Waals surface area contributed by atoms with E-state index in [0.717, 1.165) is 10.6 Å². The molecular formula is C13H20N2O2S3. The zero-order valence-electron chi connectivity index (χ0n) is 12.0. The summed E-state index contributed by atoms with van der Waals surface area (Å²) >= 11 is 2.95. The average molecular weight is 333 g/mol. The van der Waals surface area contributed by atoms with Crippen molar-refractivity contribution in [1.82, 2.24) is 4.72 Å². The maximum atomic E-state index is 12.5. The van der Waals surface area contributed by atoms with E-state index in [9.17, 15) is 8.42 Å². The number of hydrogen-bond acceptors (Lipinski definition) is 5. The van der Waals surface area contributed by atoms with Crippen molar-refractivity contribution in [3.05, 3.63) is 24.3 Å². The highest BCUT2D eigenvalue weighted by atomic mass is 32.3. The Bertz CT molecular complexity index is 573. The van der Waals surface area contributed by atoms with Crippen LogP contribution in [0.5, 0.6) is 0 Å². The fourth-order valence-corrected chi connectivity index (χ4v) is 6.56. The van der Waals surface area contributed by atoms with E-state index in [1.165, 1.54) is 11.8 Å². The lowest BCUT2D eigenvalue weighted by Gasteiger charge is -2.27. The highest BCUT2D eigenvalue weighted by molar-refractivity contribution is 8.15. The van der Waals surface area contributed by atoms with Crippen LogP contribution in [-0.2, 0) is 10.0 Å². The molecule has 1 aliphatic heterocycles. The monoisotopic (exact) mass is 332 g/mol. The van der Waals surface area contributed by atoms with Gasteiger partial charge in [-0.1, -0.05) is 37.7 Å². The summed E-state index contributed by atoms with van der Waals surface area (Å²) in [6.07, 6.45) is 0. The molecule has 0 saturated heterocycles. The van der Waals surface area contributed by atoms with E-state index in [0.29, 0.717) is 5.25 Å². The summed E-state index contributed by atoms with van der Waals surface area (Å²) < 4.78 is 29.0. The van der Waals surface area contributed by atoms with Gasteiger partial charge in [-0.3, -0.25) is 4.31 Å². The van der Waals surface area contributed by atoms with Gasteiger partial charge in [-0.25, -0.2) is 13.1 Å². The first kappa shape index (κ1) is 16.0. The number of rotatable bonds is 5. The van der Waals surface area contributed by atoms with Gasteiger partial charge in [0.25, 0.3) is 0 Å². The molecule has 112 valence electrons. The van der Waals surface area contributed by atoms with Crippen LogP contribution < -0.4 is 9.03 Å². The Morgan fingerprint density at radius 1 is 1.25 bits per heavy atom. The molecule has 20 heavy (non-hydrogen) atoms. The van der Waals surface area contributed by atoms with E-state index in [-0.39, 0.29) is 6.04 Å². The first-order chi connectivity index (χ1) is 9.31. The number of sulfonamides is 1. The molecule has 0 bridgehead atoms. The Balaban J connectivity index is 2.35. The maximum absolute atomic E-state index is 12.5. The van der Waals surface area contributed by atoms with Crippen molar-refractivity contribution in [3.8, 4) is 0 Å². The number of anilines is 1. The largest absolute Gasteiger partial charge is 0.286 e. The zero-order valence-corrected chi connectivity index (χ0v) is 14.5. The molecule has 0 aliphatic carbocycles. The lowest BCUT2D eigenvalue weighted by atomic mass is 10.3. The molecule has 2 rings (SSSR count). The summed E-state index contributed by atoms with van der Waals surface area (Å²) in [6, 6.07) is 7.73. The van der Waals surface area contributed by atoms with Gasteiger partial charge in [0, 0.05) is 16.2 Å². The van der Waals surface area contributed by atoms with Gasteiger partial charge in [-0.15, -0.1) is 0 Å². The molecule has 0 amide bonds. The number of fused-ring (bicyclic) bond motifs is 1. The molecule has 7 heteroatoms. The summed E-state index contributed by atoms with van der Waals surface area (Å²) in [6.45, 7) is 7.81. The Morgan fingerprint density at radius 3 is 2.50 bits per heavy atom. The summed E-state index contributed by atoms with van der Waals surface area (Å²) in [5, 5.41) is 0.318. The van der Waals surface area contributed by atoms with E-state index in [1.807, 2.05) is 42.4 Å². The fraction of sp³-hybridized carbons (Fsp3) is 0.538. The molecule has 1 heterocycles. The third-order valence-corrected chi connectivity index (χ3v) is 7.44. The maximum Gasteiger partial charge on any atom is 0.244 e. The molecule has 0 aromatic heterocycles. The number of hydrogen-bond donors (Lipinski definition) is 1. The van der Waals surface area contributed by atoms with Gasteiger partial charge < -0.3 is 0 Å². The van der Waals surface area contributed by atoms with Crippen molar-refractivity contribution in [3.63, 3.8) is 0 Å². The van der Waals surface area contributed by atoms with Gasteiger partial charge in [0.2, 0.25) is 14.7 Å². The zero-order chi connectivity index (χ0) is 14.9. The topological polar surface area (TPSA) is 49.4 Å². The van der Waals surface area contributed by atoms with Gasteiger partial charge >= 0.3 is 0 Å². The second-order valence-electron chi connectivity index (χ2n) is 5.19. The van der Waals surface area contributed by atoms with Gasteiger partial charge in [0.05, 0.1) is 5.69 Å². The van der Waals surface area contributed by atoms with Crippen LogP contribution >= 0.6 is 23.7 Å². The molecule has 0 saturated carbocycles. The van der Waals surface area contributed by atoms with Crippen LogP contribution in [0.25, 0.3) is 0 Å². The van der Waals surface area contributed by atoms with Crippen LogP contribution in [0.15, 0.2) is 29.2 Å². The van der Waals surface area contributed by atoms with Crippen LogP contribution in [0, 0.1) is 0 Å². The van der Waals surface area contributed by atoms with Crippen LogP contribution in [-0.4, -0.2) is 24.4 Å². The van der Waals surface area contributed by atoms with Gasteiger partial charge in [-0.05, 0) is 37.9 Å². The molecule has 4 nitrogen and oxygen atoms in total. The Hall–Kier alpha value is -0.370. The van der Waals surface area contributed by atoms with Crippen LogP contribution in [0.1, 0.15) is 27.7 Å². The Labute approximate surface area is 129 Å². The van der Waals surface area contributed by atoms with Crippen molar-refractivity contribution < 1.29 is 8.42 Å². The molecule has 0 fully saturated rings. The van der Waals surface area contributed by atoms with E-state index < -0.39 is 14.7 Å². The van der Waals surface area contributed by atoms with E-state index >= 15 is 0 Å². The smallest absolute Gasteiger partial charge is 0.244 e. The highest BCUT2D eigenvalue weighted by Gasteiger charge is 2.40. The molecule has 0 spiro atoms. The van der Waals surface area contributed by atoms with Crippen molar-refractivity contribution >= 4 is 39.4 Å². The van der Waals surface area contributed by atoms with Crippen LogP contribution in [0.4, 0.5) is 5.69 Å². The number of nitrogens with zero attached hydrogens (tertiary/aromatic N) is 1. The summed E-state index contributed by atoms with van der Waals surface area (Å²) in [5.74, 6) is 0. The minimum atomic E-state index is -3.40. The van der Waals surface area contributed by atoms with Crippen molar-refractivity contribution in [2.45, 2.75) is 48.6 Å². The first-order valence-corrected chi connectivity index (χ1v) is 9.80. The van der Waals surface area contributed by atoms with E-state index in [1.54, 1.807) is 11.9 Å². The molecule has 1 N–H and O–H groups in total. The molecule has 1 aromatic rings. The minimum Gasteiger partial charge on any atom is -0.286 e. The number of para-hydroxylation sites is 1. The number of nitrogens with one attached hydrogen (secondary N) is 1. The average Bonchev–Trinajstić information content (AvgIpc) is 2.67. The Kier molecular flexibility index (Phi) is 4.94. The lowest BCUT2D eigenvalue weighted by Crippen LogP contribution is -2.42. The number of thioether (sulfide) groups is 1. The predicted octanol–water partition coefficient (Wildman–Crippen LogP) is 3.27. The molecule has 1 atom stereocenters. The minimum absolute atomic E-state index is 0.102. The summed E-state index contributed by atoms with van der Waals surface area (Å²) in [5.41, 5.74) is 0.982. The van der Waals surface area contributed by atoms with Crippen molar-refractivity contribution in [1.29, 1.82) is 0 Å². The van der Waals surface area contributed by atoms with E-state index in [2.05, 4.69) is 18.6 Å². The standard InChI is InChI=1S/C13H20N2O2S3/c1-9(2)14-20(16,17)13-15(19-10(3)4)11-7-5-6-8-12(11)18-13/h5-10,13-14H,1-4H3. The first-order valence-electron chi connectivity index (χ1n) is 6.54. The molecule has 1 unspecified atom stereocenters. The quantitative estimate of drug-likeness (QED) is 0.839. The van der Waals surface area contributed by atoms with Gasteiger partial charge in [-0.2, -0.15) is 0 Å². The third-order valence-electron chi connectivity index (χ3n) is 2.51. The lowest BCUT2D eigenvalue weighted by molar-refractivity contribution is 0.568. The van der Waals surface area contributed by atoms with Crippen molar-refractivity contribution in [2.75, 3.05) is 4.31 Å². The van der Waals surface area contributed by atoms with Gasteiger partial charge in [0.1, 0.15) is 0 Å². The van der Waals surface area contributed by atoms with E-state index in [4.69, 9.17) is 0 Å². The van der Waals surface area contributed by atoms with Crippen LogP contribution in [0.3, 0.4) is 0 Å². The summed E-state index contributed by atoms with van der Waals surface area (Å²) in [4.78, 5) is 1.01. The third kappa shape index (κ3) is 3.44. The van der Waals surface area contributed by atoms with Crippen molar-refractivity contribution in [2.24, 2.45) is 0 Å². The molecule has 0 radical (unpaired) electrons. The Morgan fingerprint density at radius 2 is 1.90 bits per heavy atom. The summed E-state index contributed by atoms with van der Waals surface area (Å²) in [7, 11) is -3.40. The molecule has 1 aromatic carbocycles. The molecule has 1 aliphatic rings. The molecular weight excluding hydrogens is 312 g/mol. The SMILES string of the molecule is CC(C)NS(=O)(=O)C1Sc2ccccc2N1SC(C)C. The fourth-order valence-electron chi connectivity index (χ4n) is 1.92. The normalized spacial score (nSPS) is 18.9. The highest BCUT2D eigenvalue weighted by Crippen LogP contribution is 2.49. The second kappa shape index (κ2) is 6.17. The van der Waals surface area contributed by atoms with Crippen LogP contribution in [0.2, 0.25) is 0 Å². The predicted molar refractivity (Wildman–Crippen MR) is 88.5 cm³/mol.